The summed E-state index contributed by atoms with van der Waals surface area (Å²) in [6.07, 6.45) is 0.124. The quantitative estimate of drug-likeness (QED) is 0.694. The fraction of sp³-hybridized carbons (Fsp3) is 0.318. The summed E-state index contributed by atoms with van der Waals surface area (Å²) >= 11 is 17.9. The molecule has 0 aliphatic carbocycles. The Hall–Kier alpha value is -2.28. The van der Waals surface area contributed by atoms with E-state index < -0.39 is 6.04 Å². The van der Waals surface area contributed by atoms with E-state index in [9.17, 15) is 14.4 Å². The van der Waals surface area contributed by atoms with E-state index in [2.05, 4.69) is 5.32 Å². The van der Waals surface area contributed by atoms with Gasteiger partial charge in [0, 0.05) is 53.7 Å². The van der Waals surface area contributed by atoms with Gasteiger partial charge < -0.3 is 15.1 Å². The second kappa shape index (κ2) is 10.4. The summed E-state index contributed by atoms with van der Waals surface area (Å²) < 4.78 is 0. The van der Waals surface area contributed by atoms with Gasteiger partial charge in [-0.25, -0.2) is 0 Å². The van der Waals surface area contributed by atoms with Crippen LogP contribution in [-0.2, 0) is 9.59 Å². The van der Waals surface area contributed by atoms with Crippen LogP contribution >= 0.6 is 34.8 Å². The molecule has 1 unspecified atom stereocenters. The van der Waals surface area contributed by atoms with E-state index in [1.807, 2.05) is 0 Å². The summed E-state index contributed by atoms with van der Waals surface area (Å²) in [5.74, 6) is -0.483. The predicted octanol–water partition coefficient (Wildman–Crippen LogP) is 4.20. The molecule has 6 nitrogen and oxygen atoms in total. The average molecular weight is 483 g/mol. The first-order valence-corrected chi connectivity index (χ1v) is 10.9. The molecule has 3 rings (SSSR count). The third-order valence-electron chi connectivity index (χ3n) is 5.06. The fourth-order valence-corrected chi connectivity index (χ4v) is 4.17. The molecule has 1 N–H and O–H groups in total. The molecule has 31 heavy (non-hydrogen) atoms. The molecule has 9 heteroatoms. The number of benzene rings is 2. The molecular weight excluding hydrogens is 461 g/mol. The largest absolute Gasteiger partial charge is 0.349 e. The lowest BCUT2D eigenvalue weighted by Gasteiger charge is -2.35. The number of halogens is 3. The number of nitrogens with one attached hydrogen (secondary N) is 1. The van der Waals surface area contributed by atoms with Crippen molar-refractivity contribution < 1.29 is 14.4 Å². The normalized spacial score (nSPS) is 14.8. The van der Waals surface area contributed by atoms with Gasteiger partial charge in [-0.1, -0.05) is 46.9 Å². The van der Waals surface area contributed by atoms with Gasteiger partial charge in [-0.05, 0) is 35.9 Å². The van der Waals surface area contributed by atoms with Crippen molar-refractivity contribution in [1.82, 2.24) is 15.1 Å². The predicted molar refractivity (Wildman–Crippen MR) is 122 cm³/mol. The molecule has 1 heterocycles. The van der Waals surface area contributed by atoms with Gasteiger partial charge in [-0.3, -0.25) is 14.4 Å². The number of carbonyl (C=O) groups excluding carboxylic acids is 3. The highest BCUT2D eigenvalue weighted by molar-refractivity contribution is 6.35. The zero-order valence-corrected chi connectivity index (χ0v) is 19.2. The average Bonchev–Trinajstić information content (AvgIpc) is 2.72. The van der Waals surface area contributed by atoms with E-state index in [0.29, 0.717) is 46.8 Å². The summed E-state index contributed by atoms with van der Waals surface area (Å²) in [7, 11) is 0. The molecule has 2 aromatic carbocycles. The maximum Gasteiger partial charge on any atom is 0.254 e. The third-order valence-corrected chi connectivity index (χ3v) is 5.75. The SMILES string of the molecule is CC(=O)NC(CC(=O)N1CCN(C(=O)c2cc(Cl)cc(Cl)c2)CC1)c1ccc(Cl)cc1. The maximum absolute atomic E-state index is 12.9. The second-order valence-corrected chi connectivity index (χ2v) is 8.65. The van der Waals surface area contributed by atoms with E-state index in [4.69, 9.17) is 34.8 Å². The van der Waals surface area contributed by atoms with Crippen LogP contribution in [0.5, 0.6) is 0 Å². The van der Waals surface area contributed by atoms with E-state index >= 15 is 0 Å². The van der Waals surface area contributed by atoms with Crippen molar-refractivity contribution in [3.8, 4) is 0 Å². The first kappa shape index (κ1) is 23.4. The van der Waals surface area contributed by atoms with Gasteiger partial charge in [-0.2, -0.15) is 0 Å². The van der Waals surface area contributed by atoms with E-state index in [0.717, 1.165) is 5.56 Å². The summed E-state index contributed by atoms with van der Waals surface area (Å²) in [5, 5.41) is 4.21. The van der Waals surface area contributed by atoms with E-state index in [1.165, 1.54) is 6.92 Å². The Bertz CT molecular complexity index is 953. The van der Waals surface area contributed by atoms with Gasteiger partial charge in [-0.15, -0.1) is 0 Å². The van der Waals surface area contributed by atoms with Crippen molar-refractivity contribution >= 4 is 52.5 Å². The van der Waals surface area contributed by atoms with Gasteiger partial charge in [0.25, 0.3) is 5.91 Å². The van der Waals surface area contributed by atoms with Crippen molar-refractivity contribution in [2.75, 3.05) is 26.2 Å². The molecule has 0 radical (unpaired) electrons. The van der Waals surface area contributed by atoms with Crippen LogP contribution in [0, 0.1) is 0 Å². The number of piperazine rings is 1. The molecule has 3 amide bonds. The standard InChI is InChI=1S/C22H22Cl3N3O3/c1-14(29)26-20(15-2-4-17(23)5-3-15)13-21(30)27-6-8-28(9-7-27)22(31)16-10-18(24)12-19(25)11-16/h2-5,10-12,20H,6-9,13H2,1H3,(H,26,29). The maximum atomic E-state index is 12.9. The Balaban J connectivity index is 1.61. The third kappa shape index (κ3) is 6.35. The van der Waals surface area contributed by atoms with Crippen LogP contribution in [0.4, 0.5) is 0 Å². The second-order valence-electron chi connectivity index (χ2n) is 7.34. The van der Waals surface area contributed by atoms with E-state index in [-0.39, 0.29) is 24.1 Å². The molecular formula is C22H22Cl3N3O3. The lowest BCUT2D eigenvalue weighted by Crippen LogP contribution is -2.51. The van der Waals surface area contributed by atoms with Gasteiger partial charge in [0.2, 0.25) is 11.8 Å². The molecule has 0 aromatic heterocycles. The van der Waals surface area contributed by atoms with Gasteiger partial charge in [0.1, 0.15) is 0 Å². The topological polar surface area (TPSA) is 69.7 Å². The zero-order valence-electron chi connectivity index (χ0n) is 16.9. The number of rotatable bonds is 5. The smallest absolute Gasteiger partial charge is 0.254 e. The van der Waals surface area contributed by atoms with Crippen LogP contribution in [0.1, 0.15) is 35.3 Å². The Labute approximate surface area is 196 Å². The van der Waals surface area contributed by atoms with Crippen LogP contribution in [0.25, 0.3) is 0 Å². The molecule has 1 aliphatic heterocycles. The molecule has 0 spiro atoms. The van der Waals surface area contributed by atoms with Crippen LogP contribution in [-0.4, -0.2) is 53.7 Å². The van der Waals surface area contributed by atoms with E-state index in [1.54, 1.807) is 52.3 Å². The minimum Gasteiger partial charge on any atom is -0.349 e. The fourth-order valence-electron chi connectivity index (χ4n) is 3.52. The molecule has 1 atom stereocenters. The van der Waals surface area contributed by atoms with Crippen molar-refractivity contribution in [2.45, 2.75) is 19.4 Å². The summed E-state index contributed by atoms with van der Waals surface area (Å²) in [5.41, 5.74) is 1.23. The van der Waals surface area contributed by atoms with Crippen molar-refractivity contribution in [2.24, 2.45) is 0 Å². The highest BCUT2D eigenvalue weighted by atomic mass is 35.5. The molecule has 1 aliphatic rings. The van der Waals surface area contributed by atoms with Crippen molar-refractivity contribution in [3.63, 3.8) is 0 Å². The number of hydrogen-bond acceptors (Lipinski definition) is 3. The molecule has 2 aromatic rings. The molecule has 0 saturated carbocycles. The summed E-state index contributed by atoms with van der Waals surface area (Å²) in [6.45, 7) is 3.04. The Morgan fingerprint density at radius 2 is 1.42 bits per heavy atom. The molecule has 0 bridgehead atoms. The van der Waals surface area contributed by atoms with Crippen LogP contribution < -0.4 is 5.32 Å². The van der Waals surface area contributed by atoms with Crippen LogP contribution in [0.15, 0.2) is 42.5 Å². The van der Waals surface area contributed by atoms with Gasteiger partial charge in [0.05, 0.1) is 12.5 Å². The zero-order chi connectivity index (χ0) is 22.5. The van der Waals surface area contributed by atoms with Gasteiger partial charge in [0.15, 0.2) is 0 Å². The van der Waals surface area contributed by atoms with Crippen LogP contribution in [0.2, 0.25) is 15.1 Å². The number of nitrogens with zero attached hydrogens (tertiary/aromatic N) is 2. The van der Waals surface area contributed by atoms with Gasteiger partial charge >= 0.3 is 0 Å². The summed E-state index contributed by atoms with van der Waals surface area (Å²) in [4.78, 5) is 40.6. The lowest BCUT2D eigenvalue weighted by atomic mass is 10.0. The van der Waals surface area contributed by atoms with Crippen molar-refractivity contribution in [1.29, 1.82) is 0 Å². The minimum absolute atomic E-state index is 0.0911. The van der Waals surface area contributed by atoms with Crippen LogP contribution in [0.3, 0.4) is 0 Å². The molecule has 164 valence electrons. The molecule has 1 fully saturated rings. The number of amides is 3. The van der Waals surface area contributed by atoms with Crippen molar-refractivity contribution in [3.05, 3.63) is 68.7 Å². The Kier molecular flexibility index (Phi) is 7.81. The highest BCUT2D eigenvalue weighted by Crippen LogP contribution is 2.23. The first-order valence-electron chi connectivity index (χ1n) is 9.78. The summed E-state index contributed by atoms with van der Waals surface area (Å²) in [6, 6.07) is 11.3. The lowest BCUT2D eigenvalue weighted by molar-refractivity contribution is -0.133. The Morgan fingerprint density at radius 3 is 1.97 bits per heavy atom. The minimum atomic E-state index is -0.449. The first-order chi connectivity index (χ1) is 14.7. The molecule has 1 saturated heterocycles. The monoisotopic (exact) mass is 481 g/mol. The highest BCUT2D eigenvalue weighted by Gasteiger charge is 2.27. The number of hydrogen-bond donors (Lipinski definition) is 1. The number of carbonyl (C=O) groups is 3. The Morgan fingerprint density at radius 1 is 0.871 bits per heavy atom.